The number of benzene rings is 2. The van der Waals surface area contributed by atoms with Gasteiger partial charge in [-0.15, -0.1) is 11.3 Å². The Kier molecular flexibility index (Phi) is 6.49. The number of nitrogens with zero attached hydrogens (tertiary/aromatic N) is 6. The third kappa shape index (κ3) is 4.43. The molecule has 204 valence electrons. The molecule has 5 heterocycles. The van der Waals surface area contributed by atoms with Gasteiger partial charge >= 0.3 is 0 Å². The summed E-state index contributed by atoms with van der Waals surface area (Å²) in [5, 5.41) is 10.5. The summed E-state index contributed by atoms with van der Waals surface area (Å²) >= 11 is 8.02. The van der Waals surface area contributed by atoms with E-state index in [0.29, 0.717) is 45.6 Å². The van der Waals surface area contributed by atoms with Gasteiger partial charge in [0, 0.05) is 59.7 Å². The van der Waals surface area contributed by atoms with Gasteiger partial charge in [-0.1, -0.05) is 23.7 Å². The number of anilines is 2. The molecule has 3 aromatic heterocycles. The number of carbonyl (C=O) groups excluding carboxylic acids is 1. The summed E-state index contributed by atoms with van der Waals surface area (Å²) in [6.07, 6.45) is 6.77. The Morgan fingerprint density at radius 2 is 1.98 bits per heavy atom. The molecule has 0 bridgehead atoms. The summed E-state index contributed by atoms with van der Waals surface area (Å²) in [5.74, 6) is -0.849. The van der Waals surface area contributed by atoms with Gasteiger partial charge in [-0.05, 0) is 36.6 Å². The van der Waals surface area contributed by atoms with Crippen molar-refractivity contribution >= 4 is 50.6 Å². The van der Waals surface area contributed by atoms with E-state index in [1.807, 2.05) is 24.3 Å². The molecule has 1 amide bonds. The van der Waals surface area contributed by atoms with Gasteiger partial charge in [0.1, 0.15) is 5.52 Å². The summed E-state index contributed by atoms with van der Waals surface area (Å²) in [5.41, 5.74) is 3.77. The van der Waals surface area contributed by atoms with Crippen molar-refractivity contribution in [3.05, 3.63) is 76.7 Å². The number of morpholine rings is 1. The zero-order valence-electron chi connectivity index (χ0n) is 21.4. The highest BCUT2D eigenvalue weighted by Gasteiger charge is 2.32. The molecule has 2 aromatic carbocycles. The number of carbonyl (C=O) groups is 1. The van der Waals surface area contributed by atoms with Crippen molar-refractivity contribution in [2.45, 2.75) is 25.4 Å². The largest absolute Gasteiger partial charge is 0.378 e. The minimum Gasteiger partial charge on any atom is -0.378 e. The monoisotopic (exact) mass is 577 g/mol. The predicted molar refractivity (Wildman–Crippen MR) is 153 cm³/mol. The van der Waals surface area contributed by atoms with Gasteiger partial charge < -0.3 is 14.2 Å². The summed E-state index contributed by atoms with van der Waals surface area (Å²) in [4.78, 5) is 24.6. The zero-order chi connectivity index (χ0) is 27.2. The summed E-state index contributed by atoms with van der Waals surface area (Å²) in [6, 6.07) is 8.44. The molecule has 0 saturated carbocycles. The maximum atomic E-state index is 16.0. The maximum absolute atomic E-state index is 16.0. The number of amides is 1. The van der Waals surface area contributed by atoms with Gasteiger partial charge in [0.2, 0.25) is 0 Å². The molecular weight excluding hydrogens is 553 g/mol. The third-order valence-corrected chi connectivity index (χ3v) is 8.49. The van der Waals surface area contributed by atoms with Gasteiger partial charge in [-0.3, -0.25) is 14.8 Å². The van der Waals surface area contributed by atoms with Crippen LogP contribution < -0.4 is 10.2 Å². The molecule has 2 aliphatic rings. The molecule has 1 atom stereocenters. The first kappa shape index (κ1) is 25.2. The molecule has 12 heteroatoms. The fourth-order valence-corrected chi connectivity index (χ4v) is 6.28. The molecule has 1 saturated heterocycles. The quantitative estimate of drug-likeness (QED) is 0.300. The highest BCUT2D eigenvalue weighted by atomic mass is 35.5. The van der Waals surface area contributed by atoms with Crippen LogP contribution in [0.4, 0.5) is 15.2 Å². The van der Waals surface area contributed by atoms with E-state index < -0.39 is 11.9 Å². The lowest BCUT2D eigenvalue weighted by Gasteiger charge is -2.28. The lowest BCUT2D eigenvalue weighted by Crippen LogP contribution is -2.36. The van der Waals surface area contributed by atoms with Gasteiger partial charge in [-0.2, -0.15) is 5.10 Å². The summed E-state index contributed by atoms with van der Waals surface area (Å²) in [6.45, 7) is 3.87. The number of hydrogen-bond donors (Lipinski definition) is 1. The van der Waals surface area contributed by atoms with Crippen LogP contribution in [0.25, 0.3) is 22.0 Å². The van der Waals surface area contributed by atoms with Gasteiger partial charge in [0.15, 0.2) is 17.0 Å². The van der Waals surface area contributed by atoms with Crippen molar-refractivity contribution in [1.29, 1.82) is 0 Å². The smallest absolute Gasteiger partial charge is 0.257 e. The Morgan fingerprint density at radius 1 is 1.15 bits per heavy atom. The first-order valence-corrected chi connectivity index (χ1v) is 14.4. The van der Waals surface area contributed by atoms with E-state index in [1.165, 1.54) is 16.0 Å². The average molecular weight is 578 g/mol. The minimum absolute atomic E-state index is 0.0997. The van der Waals surface area contributed by atoms with E-state index in [2.05, 4.69) is 29.9 Å². The zero-order valence-corrected chi connectivity index (χ0v) is 23.0. The third-order valence-electron chi connectivity index (χ3n) is 7.48. The summed E-state index contributed by atoms with van der Waals surface area (Å²) < 4.78 is 25.0. The van der Waals surface area contributed by atoms with E-state index in [9.17, 15) is 4.79 Å². The number of fused-ring (bicyclic) bond motifs is 2. The van der Waals surface area contributed by atoms with Crippen molar-refractivity contribution in [1.82, 2.24) is 24.3 Å². The van der Waals surface area contributed by atoms with Crippen LogP contribution in [0, 0.1) is 5.82 Å². The second kappa shape index (κ2) is 10.3. The standard InChI is InChI=1S/C28H25ClFN7O2S/c29-21-14-19(17-3-5-18(6-4-17)35-9-11-39-12-10-35)23(30)24-20(21)15-37(34-24)26(27(38)33-28-31-7-13-40-28)25-22-2-1-8-36(22)16-32-25/h3-7,13-16,26H,1-2,8-12H2,(H,31,33,38). The van der Waals surface area contributed by atoms with Crippen LogP contribution in [-0.4, -0.2) is 56.5 Å². The number of thiazole rings is 1. The van der Waals surface area contributed by atoms with E-state index >= 15 is 4.39 Å². The van der Waals surface area contributed by atoms with Crippen LogP contribution in [0.1, 0.15) is 23.9 Å². The molecule has 9 nitrogen and oxygen atoms in total. The van der Waals surface area contributed by atoms with Gasteiger partial charge in [0.05, 0.1) is 30.3 Å². The maximum Gasteiger partial charge on any atom is 0.257 e. The Morgan fingerprint density at radius 3 is 2.75 bits per heavy atom. The normalized spacial score (nSPS) is 15.9. The van der Waals surface area contributed by atoms with Crippen LogP contribution in [0.5, 0.6) is 0 Å². The Hall–Kier alpha value is -3.80. The minimum atomic E-state index is -0.919. The lowest BCUT2D eigenvalue weighted by atomic mass is 10.0. The Balaban J connectivity index is 1.28. The molecular formula is C28H25ClFN7O2S. The molecule has 7 rings (SSSR count). The molecule has 40 heavy (non-hydrogen) atoms. The Labute approximate surface area is 238 Å². The number of ether oxygens (including phenoxy) is 1. The lowest BCUT2D eigenvalue weighted by molar-refractivity contribution is -0.118. The van der Waals surface area contributed by atoms with Gasteiger partial charge in [0.25, 0.3) is 5.91 Å². The fourth-order valence-electron chi connectivity index (χ4n) is 5.50. The first-order chi connectivity index (χ1) is 19.6. The molecule has 0 aliphatic carbocycles. The number of aryl methyl sites for hydroxylation is 1. The predicted octanol–water partition coefficient (Wildman–Crippen LogP) is 5.16. The number of aromatic nitrogens is 5. The van der Waals surface area contributed by atoms with Crippen molar-refractivity contribution in [3.8, 4) is 11.1 Å². The van der Waals surface area contributed by atoms with E-state index in [4.69, 9.17) is 16.3 Å². The first-order valence-electron chi connectivity index (χ1n) is 13.1. The molecule has 1 N–H and O–H groups in total. The average Bonchev–Trinajstić information content (AvgIpc) is 3.78. The topological polar surface area (TPSA) is 90.1 Å². The number of halogens is 2. The second-order valence-corrected chi connectivity index (χ2v) is 11.1. The van der Waals surface area contributed by atoms with Crippen LogP contribution in [0.3, 0.4) is 0 Å². The highest BCUT2D eigenvalue weighted by molar-refractivity contribution is 7.13. The molecule has 2 aliphatic heterocycles. The summed E-state index contributed by atoms with van der Waals surface area (Å²) in [7, 11) is 0. The van der Waals surface area contributed by atoms with Crippen LogP contribution in [0.2, 0.25) is 5.02 Å². The van der Waals surface area contributed by atoms with Crippen molar-refractivity contribution in [2.24, 2.45) is 0 Å². The SMILES string of the molecule is O=C(Nc1nccs1)C(c1ncn2c1CCC2)n1cc2c(Cl)cc(-c3ccc(N4CCOCC4)cc3)c(F)c2n1. The van der Waals surface area contributed by atoms with Crippen LogP contribution in [0.15, 0.2) is 54.4 Å². The molecule has 0 spiro atoms. The number of nitrogens with one attached hydrogen (secondary N) is 1. The van der Waals surface area contributed by atoms with Crippen LogP contribution in [-0.2, 0) is 22.5 Å². The van der Waals surface area contributed by atoms with Crippen molar-refractivity contribution < 1.29 is 13.9 Å². The Bertz CT molecular complexity index is 1690. The molecule has 1 fully saturated rings. The number of rotatable bonds is 6. The van der Waals surface area contributed by atoms with Crippen molar-refractivity contribution in [2.75, 3.05) is 36.5 Å². The second-order valence-electron chi connectivity index (χ2n) is 9.84. The highest BCUT2D eigenvalue weighted by Crippen LogP contribution is 2.36. The molecule has 5 aromatic rings. The molecule has 0 radical (unpaired) electrons. The number of imidazole rings is 1. The van der Waals surface area contributed by atoms with Crippen molar-refractivity contribution in [3.63, 3.8) is 0 Å². The molecule has 1 unspecified atom stereocenters. The van der Waals surface area contributed by atoms with Gasteiger partial charge in [-0.25, -0.2) is 14.4 Å². The van der Waals surface area contributed by atoms with E-state index in [1.54, 1.807) is 30.2 Å². The number of hydrogen-bond acceptors (Lipinski definition) is 7. The fraction of sp³-hybridized carbons (Fsp3) is 0.286. The van der Waals surface area contributed by atoms with E-state index in [0.717, 1.165) is 43.9 Å². The van der Waals surface area contributed by atoms with Crippen LogP contribution >= 0.6 is 22.9 Å². The van der Waals surface area contributed by atoms with E-state index in [-0.39, 0.29) is 11.4 Å².